The van der Waals surface area contributed by atoms with Crippen LogP contribution in [0.1, 0.15) is 64.5 Å². The number of para-hydroxylation sites is 1. The SMILES string of the molecule is CC(=O)/C=C(\C)Nc1c(C(C)C)cccc1C(C)C. The monoisotopic (exact) mass is 259 g/mol. The minimum Gasteiger partial charge on any atom is -0.359 e. The molecule has 2 heteroatoms. The van der Waals surface area contributed by atoms with Crippen molar-refractivity contribution in [3.63, 3.8) is 0 Å². The number of benzene rings is 1. The summed E-state index contributed by atoms with van der Waals surface area (Å²) in [6.07, 6.45) is 1.64. The van der Waals surface area contributed by atoms with Crippen LogP contribution in [0.25, 0.3) is 0 Å². The van der Waals surface area contributed by atoms with Crippen LogP contribution in [0, 0.1) is 0 Å². The topological polar surface area (TPSA) is 29.1 Å². The van der Waals surface area contributed by atoms with Gasteiger partial charge in [0.15, 0.2) is 5.78 Å². The molecule has 0 heterocycles. The van der Waals surface area contributed by atoms with Gasteiger partial charge in [-0.15, -0.1) is 0 Å². The van der Waals surface area contributed by atoms with Crippen molar-refractivity contribution in [2.24, 2.45) is 0 Å². The molecule has 19 heavy (non-hydrogen) atoms. The minimum atomic E-state index is 0.0677. The van der Waals surface area contributed by atoms with Crippen LogP contribution < -0.4 is 5.32 Å². The van der Waals surface area contributed by atoms with E-state index in [1.807, 2.05) is 6.92 Å². The highest BCUT2D eigenvalue weighted by Crippen LogP contribution is 2.33. The standard InChI is InChI=1S/C17H25NO/c1-11(2)15-8-7-9-16(12(3)4)17(15)18-13(5)10-14(6)19/h7-12,18H,1-6H3/b13-10+. The first-order valence-corrected chi connectivity index (χ1v) is 6.91. The van der Waals surface area contributed by atoms with Crippen LogP contribution in [-0.4, -0.2) is 5.78 Å². The summed E-state index contributed by atoms with van der Waals surface area (Å²) in [6.45, 7) is 12.3. The van der Waals surface area contributed by atoms with E-state index in [1.54, 1.807) is 13.0 Å². The number of rotatable bonds is 5. The van der Waals surface area contributed by atoms with Crippen molar-refractivity contribution in [2.75, 3.05) is 5.32 Å². The van der Waals surface area contributed by atoms with Crippen molar-refractivity contribution < 1.29 is 4.79 Å². The molecule has 0 saturated heterocycles. The molecule has 0 bridgehead atoms. The van der Waals surface area contributed by atoms with Crippen molar-refractivity contribution in [2.45, 2.75) is 53.4 Å². The van der Waals surface area contributed by atoms with Gasteiger partial charge in [0.1, 0.15) is 0 Å². The summed E-state index contributed by atoms with van der Waals surface area (Å²) < 4.78 is 0. The van der Waals surface area contributed by atoms with Crippen LogP contribution in [0.15, 0.2) is 30.0 Å². The van der Waals surface area contributed by atoms with E-state index in [2.05, 4.69) is 51.2 Å². The maximum atomic E-state index is 11.2. The van der Waals surface area contributed by atoms with Gasteiger partial charge in [0.2, 0.25) is 0 Å². The van der Waals surface area contributed by atoms with E-state index in [0.29, 0.717) is 11.8 Å². The molecule has 104 valence electrons. The zero-order valence-corrected chi connectivity index (χ0v) is 12.9. The largest absolute Gasteiger partial charge is 0.359 e. The first kappa shape index (κ1) is 15.5. The molecule has 0 fully saturated rings. The lowest BCUT2D eigenvalue weighted by Crippen LogP contribution is -2.07. The molecular formula is C17H25NO. The number of hydrogen-bond donors (Lipinski definition) is 1. The van der Waals surface area contributed by atoms with Gasteiger partial charge in [-0.25, -0.2) is 0 Å². The number of nitrogens with one attached hydrogen (secondary N) is 1. The summed E-state index contributed by atoms with van der Waals surface area (Å²) in [6, 6.07) is 6.42. The number of carbonyl (C=O) groups excluding carboxylic acids is 1. The van der Waals surface area contributed by atoms with E-state index in [4.69, 9.17) is 0 Å². The van der Waals surface area contributed by atoms with Gasteiger partial charge < -0.3 is 5.32 Å². The fraction of sp³-hybridized carbons (Fsp3) is 0.471. The second-order valence-electron chi connectivity index (χ2n) is 5.68. The molecule has 2 nitrogen and oxygen atoms in total. The lowest BCUT2D eigenvalue weighted by molar-refractivity contribution is -0.112. The molecule has 0 unspecified atom stereocenters. The summed E-state index contributed by atoms with van der Waals surface area (Å²) in [5, 5.41) is 3.41. The first-order chi connectivity index (χ1) is 8.82. The Morgan fingerprint density at radius 2 is 1.53 bits per heavy atom. The molecule has 0 spiro atoms. The van der Waals surface area contributed by atoms with Crippen LogP contribution in [0.3, 0.4) is 0 Å². The van der Waals surface area contributed by atoms with Gasteiger partial charge in [-0.3, -0.25) is 4.79 Å². The quantitative estimate of drug-likeness (QED) is 0.767. The molecule has 0 aliphatic carbocycles. The number of anilines is 1. The van der Waals surface area contributed by atoms with Gasteiger partial charge in [0, 0.05) is 11.4 Å². The minimum absolute atomic E-state index is 0.0677. The number of ketones is 1. The third kappa shape index (κ3) is 4.23. The van der Waals surface area contributed by atoms with Gasteiger partial charge >= 0.3 is 0 Å². The second kappa shape index (κ2) is 6.55. The predicted molar refractivity (Wildman–Crippen MR) is 82.7 cm³/mol. The third-order valence-electron chi connectivity index (χ3n) is 3.11. The average molecular weight is 259 g/mol. The molecular weight excluding hydrogens is 234 g/mol. The fourth-order valence-corrected chi connectivity index (χ4v) is 2.23. The van der Waals surface area contributed by atoms with Crippen LogP contribution >= 0.6 is 0 Å². The Morgan fingerprint density at radius 1 is 1.05 bits per heavy atom. The molecule has 0 aliphatic rings. The van der Waals surface area contributed by atoms with E-state index in [1.165, 1.54) is 11.1 Å². The lowest BCUT2D eigenvalue weighted by Gasteiger charge is -2.21. The van der Waals surface area contributed by atoms with Gasteiger partial charge in [0.25, 0.3) is 0 Å². The van der Waals surface area contributed by atoms with E-state index >= 15 is 0 Å². The Morgan fingerprint density at radius 3 is 1.89 bits per heavy atom. The van der Waals surface area contributed by atoms with Crippen molar-refractivity contribution in [1.82, 2.24) is 0 Å². The van der Waals surface area contributed by atoms with Gasteiger partial charge in [-0.1, -0.05) is 45.9 Å². The Labute approximate surface area is 116 Å². The normalized spacial score (nSPS) is 12.1. The lowest BCUT2D eigenvalue weighted by atomic mass is 9.92. The zero-order valence-electron chi connectivity index (χ0n) is 12.9. The maximum absolute atomic E-state index is 11.2. The smallest absolute Gasteiger partial charge is 0.154 e. The van der Waals surface area contributed by atoms with Crippen LogP contribution in [-0.2, 0) is 4.79 Å². The molecule has 0 amide bonds. The average Bonchev–Trinajstić information content (AvgIpc) is 2.27. The maximum Gasteiger partial charge on any atom is 0.154 e. The molecule has 1 aromatic carbocycles. The predicted octanol–water partition coefficient (Wildman–Crippen LogP) is 4.84. The molecule has 0 atom stereocenters. The van der Waals surface area contributed by atoms with Crippen molar-refractivity contribution in [1.29, 1.82) is 0 Å². The Kier molecular flexibility index (Phi) is 5.34. The highest BCUT2D eigenvalue weighted by molar-refractivity contribution is 5.88. The van der Waals surface area contributed by atoms with E-state index in [9.17, 15) is 4.79 Å². The molecule has 1 N–H and O–H groups in total. The highest BCUT2D eigenvalue weighted by Gasteiger charge is 2.13. The summed E-state index contributed by atoms with van der Waals surface area (Å²) in [4.78, 5) is 11.2. The third-order valence-corrected chi connectivity index (χ3v) is 3.11. The van der Waals surface area contributed by atoms with Crippen molar-refractivity contribution in [3.8, 4) is 0 Å². The molecule has 0 aliphatic heterocycles. The second-order valence-corrected chi connectivity index (χ2v) is 5.68. The van der Waals surface area contributed by atoms with E-state index in [-0.39, 0.29) is 5.78 Å². The zero-order chi connectivity index (χ0) is 14.6. The summed E-state index contributed by atoms with van der Waals surface area (Å²) in [5.74, 6) is 0.968. The van der Waals surface area contributed by atoms with Gasteiger partial charge in [-0.2, -0.15) is 0 Å². The highest BCUT2D eigenvalue weighted by atomic mass is 16.1. The summed E-state index contributed by atoms with van der Waals surface area (Å²) in [7, 11) is 0. The summed E-state index contributed by atoms with van der Waals surface area (Å²) >= 11 is 0. The van der Waals surface area contributed by atoms with Crippen molar-refractivity contribution >= 4 is 11.5 Å². The Hall–Kier alpha value is -1.57. The summed E-state index contributed by atoms with van der Waals surface area (Å²) in [5.41, 5.74) is 4.63. The van der Waals surface area contributed by atoms with E-state index in [0.717, 1.165) is 11.4 Å². The Bertz CT molecular complexity index is 458. The number of carbonyl (C=O) groups is 1. The van der Waals surface area contributed by atoms with Crippen molar-refractivity contribution in [3.05, 3.63) is 41.1 Å². The molecule has 0 saturated carbocycles. The van der Waals surface area contributed by atoms with Crippen LogP contribution in [0.2, 0.25) is 0 Å². The fourth-order valence-electron chi connectivity index (χ4n) is 2.23. The molecule has 1 aromatic rings. The van der Waals surface area contributed by atoms with Gasteiger partial charge in [0.05, 0.1) is 0 Å². The van der Waals surface area contributed by atoms with Gasteiger partial charge in [-0.05, 0) is 42.9 Å². The van der Waals surface area contributed by atoms with Crippen LogP contribution in [0.5, 0.6) is 0 Å². The number of allylic oxidation sites excluding steroid dienone is 2. The number of hydrogen-bond acceptors (Lipinski definition) is 2. The van der Waals surface area contributed by atoms with E-state index < -0.39 is 0 Å². The Balaban J connectivity index is 3.25. The first-order valence-electron chi connectivity index (χ1n) is 6.91. The molecule has 0 radical (unpaired) electrons. The molecule has 0 aromatic heterocycles. The molecule has 1 rings (SSSR count). The van der Waals surface area contributed by atoms with Crippen LogP contribution in [0.4, 0.5) is 5.69 Å².